The van der Waals surface area contributed by atoms with Gasteiger partial charge in [0.2, 0.25) is 0 Å². The number of anilines is 1. The third-order valence-corrected chi connectivity index (χ3v) is 3.71. The van der Waals surface area contributed by atoms with Gasteiger partial charge in [-0.1, -0.05) is 0 Å². The van der Waals surface area contributed by atoms with E-state index in [4.69, 9.17) is 5.11 Å². The number of nitrogens with zero attached hydrogens (tertiary/aromatic N) is 4. The molecule has 2 N–H and O–H groups in total. The lowest BCUT2D eigenvalue weighted by Gasteiger charge is -2.05. The Labute approximate surface area is 123 Å². The summed E-state index contributed by atoms with van der Waals surface area (Å²) in [6, 6.07) is 5.38. The number of hydrogen-bond acceptors (Lipinski definition) is 6. The molecule has 0 radical (unpaired) electrons. The van der Waals surface area contributed by atoms with Gasteiger partial charge in [0, 0.05) is 16.8 Å². The first-order valence-corrected chi connectivity index (χ1v) is 6.96. The van der Waals surface area contributed by atoms with Crippen molar-refractivity contribution in [3.05, 3.63) is 52.9 Å². The molecule has 0 spiro atoms. The second-order valence-corrected chi connectivity index (χ2v) is 5.20. The summed E-state index contributed by atoms with van der Waals surface area (Å²) in [5.74, 6) is -0.223. The van der Waals surface area contributed by atoms with Gasteiger partial charge < -0.3 is 10.4 Å². The third-order valence-electron chi connectivity index (χ3n) is 2.77. The molecule has 0 fully saturated rings. The van der Waals surface area contributed by atoms with Crippen molar-refractivity contribution in [2.45, 2.75) is 6.54 Å². The Kier molecular flexibility index (Phi) is 3.61. The van der Waals surface area contributed by atoms with E-state index < -0.39 is 5.97 Å². The van der Waals surface area contributed by atoms with Crippen molar-refractivity contribution < 1.29 is 9.90 Å². The number of carboxylic acids is 1. The minimum absolute atomic E-state index is 0.316. The summed E-state index contributed by atoms with van der Waals surface area (Å²) in [4.78, 5) is 19.9. The molecule has 0 aliphatic rings. The van der Waals surface area contributed by atoms with Crippen molar-refractivity contribution >= 4 is 23.0 Å². The molecule has 0 saturated carbocycles. The summed E-state index contributed by atoms with van der Waals surface area (Å²) < 4.78 is 1.57. The number of rotatable bonds is 5. The van der Waals surface area contributed by atoms with Gasteiger partial charge in [0.15, 0.2) is 5.82 Å². The predicted octanol–water partition coefficient (Wildman–Crippen LogP) is 2.03. The minimum atomic E-state index is -0.906. The molecule has 3 aromatic heterocycles. The van der Waals surface area contributed by atoms with E-state index in [0.717, 1.165) is 10.6 Å². The molecule has 0 aromatic carbocycles. The molecule has 0 bridgehead atoms. The highest BCUT2D eigenvalue weighted by atomic mass is 32.1. The smallest absolute Gasteiger partial charge is 0.336 e. The first-order chi connectivity index (χ1) is 10.2. The predicted molar refractivity (Wildman–Crippen MR) is 77.8 cm³/mol. The van der Waals surface area contributed by atoms with E-state index >= 15 is 0 Å². The van der Waals surface area contributed by atoms with Crippen LogP contribution in [0.4, 0.5) is 5.69 Å². The molecule has 0 aliphatic carbocycles. The minimum Gasteiger partial charge on any atom is -0.478 e. The lowest BCUT2D eigenvalue weighted by Crippen LogP contribution is -2.01. The van der Waals surface area contributed by atoms with Gasteiger partial charge in [0.25, 0.3) is 0 Å². The van der Waals surface area contributed by atoms with Crippen LogP contribution in [0, 0.1) is 0 Å². The molecule has 8 heteroatoms. The van der Waals surface area contributed by atoms with Gasteiger partial charge in [-0.2, -0.15) is 5.10 Å². The van der Waals surface area contributed by atoms with Crippen LogP contribution in [-0.2, 0) is 6.54 Å². The van der Waals surface area contributed by atoms with E-state index in [0.29, 0.717) is 17.9 Å². The Balaban J connectivity index is 1.64. The molecule has 0 aliphatic heterocycles. The topological polar surface area (TPSA) is 92.9 Å². The maximum absolute atomic E-state index is 10.8. The highest BCUT2D eigenvalue weighted by Crippen LogP contribution is 2.17. The summed E-state index contributed by atoms with van der Waals surface area (Å²) in [5.41, 5.74) is 1.17. The van der Waals surface area contributed by atoms with Crippen LogP contribution in [0.3, 0.4) is 0 Å². The zero-order valence-electron chi connectivity index (χ0n) is 10.8. The van der Waals surface area contributed by atoms with Crippen LogP contribution in [0.1, 0.15) is 15.2 Å². The van der Waals surface area contributed by atoms with Gasteiger partial charge >= 0.3 is 5.97 Å². The first kappa shape index (κ1) is 13.3. The fourth-order valence-electron chi connectivity index (χ4n) is 1.73. The number of nitrogens with one attached hydrogen (secondary N) is 1. The van der Waals surface area contributed by atoms with Gasteiger partial charge in [-0.15, -0.1) is 11.3 Å². The number of thiophene rings is 1. The molecule has 0 unspecified atom stereocenters. The van der Waals surface area contributed by atoms with E-state index in [9.17, 15) is 4.79 Å². The van der Waals surface area contributed by atoms with Crippen LogP contribution in [-0.4, -0.2) is 30.8 Å². The number of pyridine rings is 1. The zero-order valence-corrected chi connectivity index (χ0v) is 11.6. The molecule has 106 valence electrons. The van der Waals surface area contributed by atoms with Crippen molar-refractivity contribution in [3.8, 4) is 5.82 Å². The molecule has 21 heavy (non-hydrogen) atoms. The van der Waals surface area contributed by atoms with Crippen molar-refractivity contribution in [3.63, 3.8) is 0 Å². The van der Waals surface area contributed by atoms with Crippen molar-refractivity contribution in [2.24, 2.45) is 0 Å². The zero-order chi connectivity index (χ0) is 14.7. The molecule has 0 atom stereocenters. The van der Waals surface area contributed by atoms with Gasteiger partial charge in [-0.25, -0.2) is 19.4 Å². The standard InChI is InChI=1S/C13H11N5O2S/c19-13(20)9-3-11(21-6-9)5-15-10-1-2-12(16-4-10)18-8-14-7-17-18/h1-4,6-8,15H,5H2,(H,19,20). The summed E-state index contributed by atoms with van der Waals surface area (Å²) in [5, 5.41) is 17.7. The normalized spacial score (nSPS) is 10.5. The summed E-state index contributed by atoms with van der Waals surface area (Å²) >= 11 is 1.41. The largest absolute Gasteiger partial charge is 0.478 e. The van der Waals surface area contributed by atoms with E-state index in [-0.39, 0.29) is 0 Å². The Hall–Kier alpha value is -2.74. The van der Waals surface area contributed by atoms with Gasteiger partial charge in [-0.3, -0.25) is 0 Å². The number of aromatic carboxylic acids is 1. The van der Waals surface area contributed by atoms with E-state index in [1.807, 2.05) is 12.1 Å². The Morgan fingerprint density at radius 1 is 1.43 bits per heavy atom. The maximum atomic E-state index is 10.8. The van der Waals surface area contributed by atoms with Crippen LogP contribution in [0.2, 0.25) is 0 Å². The van der Waals surface area contributed by atoms with Crippen LogP contribution in [0.25, 0.3) is 5.82 Å². The molecule has 3 heterocycles. The van der Waals surface area contributed by atoms with Gasteiger partial charge in [0.1, 0.15) is 12.7 Å². The van der Waals surface area contributed by atoms with E-state index in [1.54, 1.807) is 28.7 Å². The summed E-state index contributed by atoms with van der Waals surface area (Å²) in [6.45, 7) is 0.558. The fourth-order valence-corrected chi connectivity index (χ4v) is 2.53. The lowest BCUT2D eigenvalue weighted by molar-refractivity contribution is 0.0697. The Bertz CT molecular complexity index is 736. The lowest BCUT2D eigenvalue weighted by atomic mass is 10.3. The second kappa shape index (κ2) is 5.71. The van der Waals surface area contributed by atoms with E-state index in [1.165, 1.54) is 17.7 Å². The average molecular weight is 301 g/mol. The number of hydrogen-bond donors (Lipinski definition) is 2. The number of carboxylic acid groups (broad SMARTS) is 1. The van der Waals surface area contributed by atoms with Crippen molar-refractivity contribution in [1.82, 2.24) is 19.7 Å². The Morgan fingerprint density at radius 3 is 2.95 bits per heavy atom. The van der Waals surface area contributed by atoms with Crippen LogP contribution in [0.5, 0.6) is 0 Å². The van der Waals surface area contributed by atoms with Crippen LogP contribution >= 0.6 is 11.3 Å². The van der Waals surface area contributed by atoms with Crippen LogP contribution in [0.15, 0.2) is 42.4 Å². The Morgan fingerprint density at radius 2 is 2.33 bits per heavy atom. The maximum Gasteiger partial charge on any atom is 0.336 e. The monoisotopic (exact) mass is 301 g/mol. The fraction of sp³-hybridized carbons (Fsp3) is 0.0769. The average Bonchev–Trinajstić information content (AvgIpc) is 3.17. The second-order valence-electron chi connectivity index (χ2n) is 4.21. The molecule has 3 aromatic rings. The molecule has 7 nitrogen and oxygen atoms in total. The van der Waals surface area contributed by atoms with E-state index in [2.05, 4.69) is 20.4 Å². The number of carbonyl (C=O) groups is 1. The number of aromatic nitrogens is 4. The molecule has 0 saturated heterocycles. The quantitative estimate of drug-likeness (QED) is 0.749. The molecular weight excluding hydrogens is 290 g/mol. The first-order valence-electron chi connectivity index (χ1n) is 6.08. The highest BCUT2D eigenvalue weighted by Gasteiger charge is 2.06. The summed E-state index contributed by atoms with van der Waals surface area (Å²) in [7, 11) is 0. The van der Waals surface area contributed by atoms with Gasteiger partial charge in [0.05, 0.1) is 17.4 Å². The van der Waals surface area contributed by atoms with Crippen molar-refractivity contribution in [1.29, 1.82) is 0 Å². The summed E-state index contributed by atoms with van der Waals surface area (Å²) in [6.07, 6.45) is 4.72. The molecule has 3 rings (SSSR count). The highest BCUT2D eigenvalue weighted by molar-refractivity contribution is 7.10. The molecule has 0 amide bonds. The SMILES string of the molecule is O=C(O)c1csc(CNc2ccc(-n3cncn3)nc2)c1. The van der Waals surface area contributed by atoms with Crippen molar-refractivity contribution in [2.75, 3.05) is 5.32 Å². The molecular formula is C13H11N5O2S. The van der Waals surface area contributed by atoms with Crippen LogP contribution < -0.4 is 5.32 Å². The third kappa shape index (κ3) is 3.06. The van der Waals surface area contributed by atoms with Gasteiger partial charge in [-0.05, 0) is 18.2 Å².